The normalized spacial score (nSPS) is 15.2. The fraction of sp³-hybridized carbons (Fsp3) is 0.320. The second-order valence-electron chi connectivity index (χ2n) is 9.14. The number of halogens is 3. The van der Waals surface area contributed by atoms with Crippen LogP contribution in [-0.4, -0.2) is 43.0 Å². The molecule has 0 unspecified atom stereocenters. The van der Waals surface area contributed by atoms with Crippen LogP contribution in [0.1, 0.15) is 42.7 Å². The number of H-pyrrole nitrogens is 2. The zero-order chi connectivity index (χ0) is 26.2. The fourth-order valence-corrected chi connectivity index (χ4v) is 4.03. The molecule has 0 atom stereocenters. The van der Waals surface area contributed by atoms with Gasteiger partial charge in [-0.3, -0.25) is 9.78 Å². The minimum absolute atomic E-state index is 0.226. The summed E-state index contributed by atoms with van der Waals surface area (Å²) in [6.45, 7) is -1.07. The number of nitrogens with one attached hydrogen (secondary N) is 4. The molecule has 6 rings (SSSR count). The predicted octanol–water partition coefficient (Wildman–Crippen LogP) is 4.09. The summed E-state index contributed by atoms with van der Waals surface area (Å²) in [5.74, 6) is 0.715. The molecule has 0 saturated heterocycles. The van der Waals surface area contributed by atoms with E-state index >= 15 is 0 Å². The predicted molar refractivity (Wildman–Crippen MR) is 132 cm³/mol. The molecule has 1 aromatic carbocycles. The van der Waals surface area contributed by atoms with Crippen LogP contribution in [0.2, 0.25) is 0 Å². The van der Waals surface area contributed by atoms with Crippen LogP contribution in [0, 0.1) is 11.3 Å². The molecule has 12 heteroatoms. The Morgan fingerprint density at radius 2 is 1.92 bits per heavy atom. The number of aromatic amines is 2. The molecule has 4 aromatic rings. The van der Waals surface area contributed by atoms with Crippen LogP contribution in [0.25, 0.3) is 16.9 Å². The zero-order valence-corrected chi connectivity index (χ0v) is 19.6. The van der Waals surface area contributed by atoms with Gasteiger partial charge in [0.05, 0.1) is 11.3 Å². The average molecular weight is 512 g/mol. The van der Waals surface area contributed by atoms with Crippen LogP contribution in [0.5, 0.6) is 0 Å². The van der Waals surface area contributed by atoms with Crippen molar-refractivity contribution in [2.45, 2.75) is 37.8 Å². The smallest absolute Gasteiger partial charge is 0.376 e. The van der Waals surface area contributed by atoms with Crippen molar-refractivity contribution >= 4 is 17.0 Å². The molecule has 3 aromatic heterocycles. The molecule has 9 nitrogen and oxygen atoms in total. The van der Waals surface area contributed by atoms with Gasteiger partial charge in [0.2, 0.25) is 0 Å². The molecule has 0 amide bonds. The van der Waals surface area contributed by atoms with Gasteiger partial charge >= 0.3 is 11.9 Å². The van der Waals surface area contributed by atoms with Gasteiger partial charge in [-0.1, -0.05) is 18.2 Å². The molecule has 4 N–H and O–H groups in total. The van der Waals surface area contributed by atoms with E-state index in [0.717, 1.165) is 36.9 Å². The van der Waals surface area contributed by atoms with E-state index in [0.29, 0.717) is 34.1 Å². The van der Waals surface area contributed by atoms with E-state index in [1.807, 2.05) is 6.07 Å². The molecule has 0 spiro atoms. The van der Waals surface area contributed by atoms with E-state index in [1.54, 1.807) is 41.2 Å². The highest BCUT2D eigenvalue weighted by molar-refractivity contribution is 6.05. The topological polar surface area (TPSA) is 132 Å². The molecule has 0 aliphatic heterocycles. The number of nitrogens with zero attached hydrogens (tertiary/aromatic N) is 3. The second kappa shape index (κ2) is 9.68. The highest BCUT2D eigenvalue weighted by Crippen LogP contribution is 2.42. The Morgan fingerprint density at radius 3 is 2.59 bits per heavy atom. The number of hydrogen-bond donors (Lipinski definition) is 4. The molecule has 3 heterocycles. The van der Waals surface area contributed by atoms with Crippen molar-refractivity contribution in [2.75, 3.05) is 11.9 Å². The molecule has 37 heavy (non-hydrogen) atoms. The van der Waals surface area contributed by atoms with Crippen molar-refractivity contribution < 1.29 is 13.2 Å². The second-order valence-corrected chi connectivity index (χ2v) is 9.14. The van der Waals surface area contributed by atoms with Gasteiger partial charge in [0.25, 0.3) is 5.56 Å². The van der Waals surface area contributed by atoms with Crippen LogP contribution in [0.3, 0.4) is 0 Å². The van der Waals surface area contributed by atoms with Gasteiger partial charge in [-0.15, -0.1) is 0 Å². The van der Waals surface area contributed by atoms with Crippen LogP contribution in [0.15, 0.2) is 58.5 Å². The van der Waals surface area contributed by atoms with Gasteiger partial charge in [0, 0.05) is 47.0 Å². The maximum Gasteiger partial charge on any atom is 0.405 e. The van der Waals surface area contributed by atoms with Crippen molar-refractivity contribution in [1.29, 1.82) is 5.41 Å². The fourth-order valence-electron chi connectivity index (χ4n) is 4.03. The van der Waals surface area contributed by atoms with Crippen LogP contribution in [-0.2, 0) is 0 Å². The quantitative estimate of drug-likeness (QED) is 0.290. The van der Waals surface area contributed by atoms with E-state index in [9.17, 15) is 22.8 Å². The number of rotatable bonds is 6. The van der Waals surface area contributed by atoms with Gasteiger partial charge in [-0.2, -0.15) is 18.3 Å². The molecule has 0 bridgehead atoms. The first-order valence-corrected chi connectivity index (χ1v) is 11.8. The molecule has 192 valence electrons. The number of anilines is 1. The van der Waals surface area contributed by atoms with E-state index in [4.69, 9.17) is 5.41 Å². The number of hydrogen-bond acceptors (Lipinski definition) is 6. The van der Waals surface area contributed by atoms with Crippen molar-refractivity contribution in [1.82, 2.24) is 24.6 Å². The lowest BCUT2D eigenvalue weighted by Crippen LogP contribution is -2.23. The van der Waals surface area contributed by atoms with Crippen LogP contribution >= 0.6 is 0 Å². The maximum atomic E-state index is 12.1. The number of alkyl halides is 3. The monoisotopic (exact) mass is 511 g/mol. The first-order valence-electron chi connectivity index (χ1n) is 11.8. The standard InChI is InChI=1S/C13H11N5O2.C12H13F3N2/c19-12-9(6-15-13(20)16-12)10-5-8(7-1-2-7)11-14-3-4-18(11)17-10;13-12(14,15)7-17-10-4-2-1-3-9(10)11(16)8-5-6-8/h3-7H,1-2H2,(H2,15,16,19,20);1-4,8,16-17H,5-7H2. The summed E-state index contributed by atoms with van der Waals surface area (Å²) in [5.41, 5.74) is 3.27. The van der Waals surface area contributed by atoms with Gasteiger partial charge in [-0.05, 0) is 43.7 Å². The number of imidazole rings is 1. The lowest BCUT2D eigenvalue weighted by atomic mass is 10.0. The molecule has 2 aliphatic rings. The zero-order valence-electron chi connectivity index (χ0n) is 19.6. The largest absolute Gasteiger partial charge is 0.405 e. The van der Waals surface area contributed by atoms with Crippen LogP contribution < -0.4 is 16.6 Å². The maximum absolute atomic E-state index is 12.1. The summed E-state index contributed by atoms with van der Waals surface area (Å²) in [5, 5.41) is 14.6. The van der Waals surface area contributed by atoms with E-state index in [2.05, 4.69) is 25.4 Å². The first-order chi connectivity index (χ1) is 17.7. The summed E-state index contributed by atoms with van der Waals surface area (Å²) >= 11 is 0. The van der Waals surface area contributed by atoms with Gasteiger partial charge in [0.1, 0.15) is 6.54 Å². The van der Waals surface area contributed by atoms with Gasteiger partial charge in [-0.25, -0.2) is 14.3 Å². The summed E-state index contributed by atoms with van der Waals surface area (Å²) in [6, 6.07) is 8.58. The summed E-state index contributed by atoms with van der Waals surface area (Å²) < 4.78 is 38.1. The Hall–Kier alpha value is -4.22. The molecule has 2 saturated carbocycles. The lowest BCUT2D eigenvalue weighted by Gasteiger charge is -2.14. The van der Waals surface area contributed by atoms with Crippen molar-refractivity contribution in [3.63, 3.8) is 0 Å². The van der Waals surface area contributed by atoms with Crippen LogP contribution in [0.4, 0.5) is 18.9 Å². The van der Waals surface area contributed by atoms with Gasteiger partial charge in [0.15, 0.2) is 5.65 Å². The Kier molecular flexibility index (Phi) is 6.40. The Balaban J connectivity index is 0.000000154. The summed E-state index contributed by atoms with van der Waals surface area (Å²) in [6.07, 6.45) is 4.79. The number of fused-ring (bicyclic) bond motifs is 1. The third-order valence-corrected chi connectivity index (χ3v) is 6.18. The third-order valence-electron chi connectivity index (χ3n) is 6.18. The van der Waals surface area contributed by atoms with E-state index in [1.165, 1.54) is 6.20 Å². The highest BCUT2D eigenvalue weighted by atomic mass is 19.4. The van der Waals surface area contributed by atoms with Crippen molar-refractivity contribution in [2.24, 2.45) is 5.92 Å². The molecule has 2 aliphatic carbocycles. The number of aromatic nitrogens is 5. The Bertz CT molecular complexity index is 1560. The Labute approximate surface area is 208 Å². The van der Waals surface area contributed by atoms with Crippen molar-refractivity contribution in [3.05, 3.63) is 80.9 Å². The number of benzene rings is 1. The minimum atomic E-state index is -4.24. The molecular weight excluding hydrogens is 487 g/mol. The SMILES string of the molecule is N=C(c1ccccc1NCC(F)(F)F)C1CC1.O=c1[nH]cc(-c2cc(C3CC3)c3nccn3n2)c(=O)[nH]1. The summed E-state index contributed by atoms with van der Waals surface area (Å²) in [4.78, 5) is 31.9. The highest BCUT2D eigenvalue weighted by Gasteiger charge is 2.30. The first kappa shape index (κ1) is 24.5. The van der Waals surface area contributed by atoms with Gasteiger partial charge < -0.3 is 15.7 Å². The Morgan fingerprint density at radius 1 is 1.16 bits per heavy atom. The number of para-hydroxylation sites is 1. The average Bonchev–Trinajstić information content (AvgIpc) is 3.79. The molecule has 0 radical (unpaired) electrons. The lowest BCUT2D eigenvalue weighted by molar-refractivity contribution is -0.115. The van der Waals surface area contributed by atoms with E-state index < -0.39 is 24.0 Å². The molecule has 2 fully saturated rings. The minimum Gasteiger partial charge on any atom is -0.376 e. The van der Waals surface area contributed by atoms with E-state index in [-0.39, 0.29) is 5.92 Å². The van der Waals surface area contributed by atoms with Crippen molar-refractivity contribution in [3.8, 4) is 11.3 Å². The third kappa shape index (κ3) is 5.79. The summed E-state index contributed by atoms with van der Waals surface area (Å²) in [7, 11) is 0. The molecular formula is C25H24F3N7O2.